The van der Waals surface area contributed by atoms with Crippen LogP contribution >= 0.6 is 0 Å². The molecule has 1 aliphatic rings. The lowest BCUT2D eigenvalue weighted by molar-refractivity contribution is 0.102. The Bertz CT molecular complexity index is 869. The first-order chi connectivity index (χ1) is 10.7. The Morgan fingerprint density at radius 3 is 2.86 bits per heavy atom. The first-order valence-electron chi connectivity index (χ1n) is 6.99. The lowest BCUT2D eigenvalue weighted by Crippen LogP contribution is -2.16. The Morgan fingerprint density at radius 1 is 1.27 bits per heavy atom. The molecule has 1 saturated carbocycles. The van der Waals surface area contributed by atoms with Gasteiger partial charge in [-0.1, -0.05) is 0 Å². The van der Waals surface area contributed by atoms with Gasteiger partial charge in [0.1, 0.15) is 5.52 Å². The summed E-state index contributed by atoms with van der Waals surface area (Å²) in [6, 6.07) is 5.33. The second kappa shape index (κ2) is 4.80. The molecule has 110 valence electrons. The van der Waals surface area contributed by atoms with Crippen LogP contribution in [0.1, 0.15) is 35.1 Å². The number of hydrogen-bond acceptors (Lipinski definition) is 6. The molecule has 7 heteroatoms. The van der Waals surface area contributed by atoms with E-state index in [0.717, 1.165) is 29.8 Å². The fourth-order valence-corrected chi connectivity index (χ4v) is 2.24. The molecular formula is C15H13N5O2. The van der Waals surface area contributed by atoms with Crippen LogP contribution < -0.4 is 11.1 Å². The van der Waals surface area contributed by atoms with E-state index in [4.69, 9.17) is 10.2 Å². The highest BCUT2D eigenvalue weighted by atomic mass is 16.3. The molecule has 0 radical (unpaired) electrons. The maximum Gasteiger partial charge on any atom is 0.278 e. The number of nitrogens with zero attached hydrogens (tertiary/aromatic N) is 3. The van der Waals surface area contributed by atoms with Gasteiger partial charge < -0.3 is 15.5 Å². The minimum atomic E-state index is -0.407. The predicted octanol–water partition coefficient (Wildman–Crippen LogP) is 2.33. The fraction of sp³-hybridized carbons (Fsp3) is 0.200. The quantitative estimate of drug-likeness (QED) is 0.768. The maximum absolute atomic E-state index is 12.2. The number of fused-ring (bicyclic) bond motifs is 1. The molecule has 0 atom stereocenters. The molecule has 0 spiro atoms. The summed E-state index contributed by atoms with van der Waals surface area (Å²) in [5.74, 6) is 0.913. The molecule has 1 amide bonds. The van der Waals surface area contributed by atoms with E-state index >= 15 is 0 Å². The molecule has 3 aromatic rings. The topological polar surface area (TPSA) is 107 Å². The van der Waals surface area contributed by atoms with E-state index in [1.807, 2.05) is 0 Å². The molecule has 3 N–H and O–H groups in total. The number of nitrogens with two attached hydrogens (primary N) is 1. The Hall–Kier alpha value is -2.96. The van der Waals surface area contributed by atoms with Crippen molar-refractivity contribution in [2.45, 2.75) is 18.8 Å². The highest BCUT2D eigenvalue weighted by molar-refractivity contribution is 6.06. The van der Waals surface area contributed by atoms with E-state index < -0.39 is 5.91 Å². The van der Waals surface area contributed by atoms with E-state index in [-0.39, 0.29) is 11.5 Å². The highest BCUT2D eigenvalue weighted by Crippen LogP contribution is 2.40. The number of anilines is 2. The summed E-state index contributed by atoms with van der Waals surface area (Å²) >= 11 is 0. The molecule has 2 heterocycles. The summed E-state index contributed by atoms with van der Waals surface area (Å²) in [6.07, 6.45) is 5.12. The zero-order valence-corrected chi connectivity index (χ0v) is 11.6. The number of amides is 1. The normalized spacial score (nSPS) is 14.2. The van der Waals surface area contributed by atoms with Crippen LogP contribution in [-0.2, 0) is 0 Å². The summed E-state index contributed by atoms with van der Waals surface area (Å²) in [5.41, 5.74) is 7.81. The van der Waals surface area contributed by atoms with E-state index in [1.54, 1.807) is 18.2 Å². The van der Waals surface area contributed by atoms with Gasteiger partial charge in [0.05, 0.1) is 0 Å². The Kier molecular flexibility index (Phi) is 2.78. The smallest absolute Gasteiger partial charge is 0.278 e. The molecule has 2 aromatic heterocycles. The van der Waals surface area contributed by atoms with Crippen LogP contribution in [0.25, 0.3) is 11.1 Å². The van der Waals surface area contributed by atoms with E-state index in [0.29, 0.717) is 11.6 Å². The molecule has 1 aliphatic carbocycles. The van der Waals surface area contributed by atoms with Crippen LogP contribution in [-0.4, -0.2) is 20.9 Å². The van der Waals surface area contributed by atoms with Gasteiger partial charge in [0, 0.05) is 24.0 Å². The number of aromatic nitrogens is 3. The number of nitrogen functional groups attached to an aromatic ring is 1. The van der Waals surface area contributed by atoms with Gasteiger partial charge in [-0.05, 0) is 31.0 Å². The van der Waals surface area contributed by atoms with E-state index in [9.17, 15) is 4.79 Å². The summed E-state index contributed by atoms with van der Waals surface area (Å²) in [6.45, 7) is 0. The predicted molar refractivity (Wildman–Crippen MR) is 80.4 cm³/mol. The van der Waals surface area contributed by atoms with Gasteiger partial charge in [-0.15, -0.1) is 0 Å². The second-order valence-electron chi connectivity index (χ2n) is 5.25. The molecule has 0 saturated heterocycles. The zero-order valence-electron chi connectivity index (χ0n) is 11.6. The van der Waals surface area contributed by atoms with E-state index in [2.05, 4.69) is 20.3 Å². The lowest BCUT2D eigenvalue weighted by Gasteiger charge is -2.05. The van der Waals surface area contributed by atoms with Gasteiger partial charge in [0.15, 0.2) is 23.0 Å². The average molecular weight is 295 g/mol. The van der Waals surface area contributed by atoms with Crippen molar-refractivity contribution in [3.05, 3.63) is 42.2 Å². The maximum atomic E-state index is 12.2. The molecule has 0 bridgehead atoms. The van der Waals surface area contributed by atoms with Crippen molar-refractivity contribution >= 4 is 28.5 Å². The molecule has 7 nitrogen and oxygen atoms in total. The van der Waals surface area contributed by atoms with Crippen molar-refractivity contribution in [1.29, 1.82) is 0 Å². The molecule has 22 heavy (non-hydrogen) atoms. The number of rotatable bonds is 3. The highest BCUT2D eigenvalue weighted by Gasteiger charge is 2.28. The summed E-state index contributed by atoms with van der Waals surface area (Å²) in [4.78, 5) is 24.4. The third-order valence-corrected chi connectivity index (χ3v) is 3.53. The summed E-state index contributed by atoms with van der Waals surface area (Å²) in [7, 11) is 0. The molecule has 0 aliphatic heterocycles. The number of hydrogen-bond donors (Lipinski definition) is 2. The monoisotopic (exact) mass is 295 g/mol. The summed E-state index contributed by atoms with van der Waals surface area (Å²) < 4.78 is 5.69. The van der Waals surface area contributed by atoms with Crippen molar-refractivity contribution < 1.29 is 9.21 Å². The van der Waals surface area contributed by atoms with Crippen LogP contribution in [0.5, 0.6) is 0 Å². The van der Waals surface area contributed by atoms with Gasteiger partial charge >= 0.3 is 0 Å². The Morgan fingerprint density at radius 2 is 2.09 bits per heavy atom. The third-order valence-electron chi connectivity index (χ3n) is 3.53. The van der Waals surface area contributed by atoms with Crippen LogP contribution in [0.4, 0.5) is 11.5 Å². The van der Waals surface area contributed by atoms with Crippen molar-refractivity contribution in [2.75, 3.05) is 11.1 Å². The SMILES string of the molecule is Nc1nccnc1C(=O)Nc1ccc2oc(C3CC3)nc2c1. The molecule has 1 fully saturated rings. The van der Waals surface area contributed by atoms with Crippen molar-refractivity contribution in [2.24, 2.45) is 0 Å². The average Bonchev–Trinajstić information content (AvgIpc) is 3.27. The van der Waals surface area contributed by atoms with E-state index in [1.165, 1.54) is 12.4 Å². The molecule has 1 aromatic carbocycles. The fourth-order valence-electron chi connectivity index (χ4n) is 2.24. The van der Waals surface area contributed by atoms with Gasteiger partial charge in [-0.2, -0.15) is 0 Å². The van der Waals surface area contributed by atoms with Crippen molar-refractivity contribution in [3.8, 4) is 0 Å². The second-order valence-corrected chi connectivity index (χ2v) is 5.25. The van der Waals surface area contributed by atoms with Gasteiger partial charge in [0.2, 0.25) is 0 Å². The molecule has 0 unspecified atom stereocenters. The molecular weight excluding hydrogens is 282 g/mol. The summed E-state index contributed by atoms with van der Waals surface area (Å²) in [5, 5.41) is 2.74. The lowest BCUT2D eigenvalue weighted by atomic mass is 10.2. The van der Waals surface area contributed by atoms with Crippen LogP contribution in [0.2, 0.25) is 0 Å². The first-order valence-corrected chi connectivity index (χ1v) is 6.99. The van der Waals surface area contributed by atoms with Crippen LogP contribution in [0.15, 0.2) is 35.0 Å². The Labute approximate surface area is 125 Å². The van der Waals surface area contributed by atoms with Gasteiger partial charge in [-0.25, -0.2) is 15.0 Å². The number of nitrogens with one attached hydrogen (secondary N) is 1. The van der Waals surface area contributed by atoms with Crippen molar-refractivity contribution in [1.82, 2.24) is 15.0 Å². The van der Waals surface area contributed by atoms with Crippen LogP contribution in [0, 0.1) is 0 Å². The van der Waals surface area contributed by atoms with Gasteiger partial charge in [-0.3, -0.25) is 4.79 Å². The number of carbonyl (C=O) groups is 1. The minimum Gasteiger partial charge on any atom is -0.440 e. The molecule has 4 rings (SSSR count). The van der Waals surface area contributed by atoms with Gasteiger partial charge in [0.25, 0.3) is 5.91 Å². The number of carbonyl (C=O) groups excluding carboxylic acids is 1. The third kappa shape index (κ3) is 2.26. The van der Waals surface area contributed by atoms with Crippen LogP contribution in [0.3, 0.4) is 0 Å². The Balaban J connectivity index is 1.61. The minimum absolute atomic E-state index is 0.0959. The van der Waals surface area contributed by atoms with Crippen molar-refractivity contribution in [3.63, 3.8) is 0 Å². The number of oxazole rings is 1. The number of benzene rings is 1. The standard InChI is InChI=1S/C15H13N5O2/c16-13-12(17-5-6-18-13)14(21)19-9-3-4-11-10(7-9)20-15(22-11)8-1-2-8/h3-8H,1-2H2,(H2,16,18)(H,19,21). The zero-order chi connectivity index (χ0) is 15.1. The first kappa shape index (κ1) is 12.8. The largest absolute Gasteiger partial charge is 0.440 e.